The smallest absolute Gasteiger partial charge is 0.319 e. The molecule has 2 aromatic rings. The van der Waals surface area contributed by atoms with Gasteiger partial charge in [0.25, 0.3) is 5.91 Å². The Bertz CT molecular complexity index is 923. The molecule has 2 aromatic carbocycles. The van der Waals surface area contributed by atoms with Gasteiger partial charge in [0.1, 0.15) is 5.75 Å². The molecule has 140 valence electrons. The lowest BCUT2D eigenvalue weighted by Gasteiger charge is -2.29. The molecule has 1 aliphatic heterocycles. The van der Waals surface area contributed by atoms with Gasteiger partial charge in [0.15, 0.2) is 0 Å². The second-order valence-electron chi connectivity index (χ2n) is 6.21. The number of benzene rings is 2. The van der Waals surface area contributed by atoms with Crippen LogP contribution in [0.15, 0.2) is 53.7 Å². The molecule has 0 unspecified atom stereocenters. The fraction of sp³-hybridized carbons (Fsp3) is 0.200. The topological polar surface area (TPSA) is 79.5 Å². The lowest BCUT2D eigenvalue weighted by atomic mass is 9.94. The highest BCUT2D eigenvalue weighted by Gasteiger charge is 2.31. The standard InChI is InChI=1S/C20H20ClN3O3/c1-11-15(21)5-4-6-16(11)23-19(25)17-12(2)22-20(26)24-18(17)13-7-9-14(27-3)10-8-13/h4-10,18H,1-3H3,(H,23,25)(H2,22,24,26)/t18-/m1/s1. The minimum atomic E-state index is -0.579. The maximum Gasteiger partial charge on any atom is 0.319 e. The zero-order valence-electron chi connectivity index (χ0n) is 15.2. The molecular formula is C20H20ClN3O3. The molecule has 3 rings (SSSR count). The number of hydrogen-bond acceptors (Lipinski definition) is 3. The summed E-state index contributed by atoms with van der Waals surface area (Å²) in [5, 5.41) is 8.93. The first-order valence-electron chi connectivity index (χ1n) is 8.39. The molecule has 1 atom stereocenters. The van der Waals surface area contributed by atoms with Crippen molar-refractivity contribution in [2.45, 2.75) is 19.9 Å². The van der Waals surface area contributed by atoms with Crippen LogP contribution in [0.5, 0.6) is 5.75 Å². The van der Waals surface area contributed by atoms with Crippen LogP contribution in [-0.2, 0) is 4.79 Å². The van der Waals surface area contributed by atoms with Gasteiger partial charge in [0, 0.05) is 16.4 Å². The summed E-state index contributed by atoms with van der Waals surface area (Å²) in [6, 6.07) is 11.6. The molecular weight excluding hydrogens is 366 g/mol. The number of anilines is 1. The van der Waals surface area contributed by atoms with Gasteiger partial charge in [-0.25, -0.2) is 4.79 Å². The molecule has 0 bridgehead atoms. The van der Waals surface area contributed by atoms with Crippen molar-refractivity contribution < 1.29 is 14.3 Å². The Labute approximate surface area is 162 Å². The first-order valence-corrected chi connectivity index (χ1v) is 8.77. The van der Waals surface area contributed by atoms with Crippen molar-refractivity contribution in [1.29, 1.82) is 0 Å². The number of carbonyl (C=O) groups is 2. The number of amides is 3. The van der Waals surface area contributed by atoms with Crippen LogP contribution in [0.4, 0.5) is 10.5 Å². The van der Waals surface area contributed by atoms with E-state index in [0.29, 0.717) is 27.7 Å². The van der Waals surface area contributed by atoms with Crippen molar-refractivity contribution in [1.82, 2.24) is 10.6 Å². The van der Waals surface area contributed by atoms with Gasteiger partial charge in [-0.15, -0.1) is 0 Å². The summed E-state index contributed by atoms with van der Waals surface area (Å²) in [6.45, 7) is 3.54. The molecule has 0 aliphatic carbocycles. The fourth-order valence-electron chi connectivity index (χ4n) is 2.97. The molecule has 6 nitrogen and oxygen atoms in total. The molecule has 27 heavy (non-hydrogen) atoms. The Hall–Kier alpha value is -2.99. The van der Waals surface area contributed by atoms with Crippen molar-refractivity contribution in [3.05, 3.63) is 69.9 Å². The summed E-state index contributed by atoms with van der Waals surface area (Å²) in [5.74, 6) is 0.381. The number of halogens is 1. The van der Waals surface area contributed by atoms with Crippen LogP contribution in [-0.4, -0.2) is 19.0 Å². The first-order chi connectivity index (χ1) is 12.9. The molecule has 1 heterocycles. The van der Waals surface area contributed by atoms with Gasteiger partial charge in [-0.1, -0.05) is 29.8 Å². The van der Waals surface area contributed by atoms with E-state index >= 15 is 0 Å². The average molecular weight is 386 g/mol. The first kappa shape index (κ1) is 18.8. The summed E-state index contributed by atoms with van der Waals surface area (Å²) in [4.78, 5) is 25.0. The monoisotopic (exact) mass is 385 g/mol. The van der Waals surface area contributed by atoms with Crippen molar-refractivity contribution in [3.8, 4) is 5.75 Å². The van der Waals surface area contributed by atoms with Crippen LogP contribution < -0.4 is 20.7 Å². The molecule has 0 spiro atoms. The van der Waals surface area contributed by atoms with Gasteiger partial charge in [0.2, 0.25) is 0 Å². The summed E-state index contributed by atoms with van der Waals surface area (Å²) in [6.07, 6.45) is 0. The number of urea groups is 1. The number of methoxy groups -OCH3 is 1. The Morgan fingerprint density at radius 2 is 1.85 bits per heavy atom. The molecule has 0 fully saturated rings. The molecule has 0 saturated carbocycles. The number of carbonyl (C=O) groups excluding carboxylic acids is 2. The van der Waals surface area contributed by atoms with Crippen molar-refractivity contribution >= 4 is 29.2 Å². The molecule has 0 saturated heterocycles. The zero-order chi connectivity index (χ0) is 19.6. The van der Waals surface area contributed by atoms with Gasteiger partial charge in [-0.3, -0.25) is 4.79 Å². The van der Waals surface area contributed by atoms with E-state index < -0.39 is 6.04 Å². The minimum absolute atomic E-state index is 0.314. The largest absolute Gasteiger partial charge is 0.497 e. The van der Waals surface area contributed by atoms with Crippen LogP contribution in [0, 0.1) is 6.92 Å². The molecule has 0 aromatic heterocycles. The van der Waals surface area contributed by atoms with Crippen LogP contribution >= 0.6 is 11.6 Å². The highest BCUT2D eigenvalue weighted by molar-refractivity contribution is 6.31. The highest BCUT2D eigenvalue weighted by Crippen LogP contribution is 2.30. The zero-order valence-corrected chi connectivity index (χ0v) is 16.0. The van der Waals surface area contributed by atoms with Crippen LogP contribution in [0.2, 0.25) is 5.02 Å². The number of allylic oxidation sites excluding steroid dienone is 1. The molecule has 1 aliphatic rings. The van der Waals surface area contributed by atoms with E-state index in [1.807, 2.05) is 19.1 Å². The predicted molar refractivity (Wildman–Crippen MR) is 105 cm³/mol. The summed E-state index contributed by atoms with van der Waals surface area (Å²) in [7, 11) is 1.58. The van der Waals surface area contributed by atoms with E-state index in [1.165, 1.54) is 0 Å². The lowest BCUT2D eigenvalue weighted by molar-refractivity contribution is -0.113. The van der Waals surface area contributed by atoms with Crippen molar-refractivity contribution in [3.63, 3.8) is 0 Å². The van der Waals surface area contributed by atoms with Gasteiger partial charge in [-0.2, -0.15) is 0 Å². The molecule has 3 N–H and O–H groups in total. The average Bonchev–Trinajstić information content (AvgIpc) is 2.64. The fourth-order valence-corrected chi connectivity index (χ4v) is 3.15. The molecule has 7 heteroatoms. The normalized spacial score (nSPS) is 16.4. The van der Waals surface area contributed by atoms with Crippen molar-refractivity contribution in [2.24, 2.45) is 0 Å². The summed E-state index contributed by atoms with van der Waals surface area (Å²) >= 11 is 6.14. The third-order valence-corrected chi connectivity index (χ3v) is 4.89. The van der Waals surface area contributed by atoms with E-state index in [9.17, 15) is 9.59 Å². The Morgan fingerprint density at radius 3 is 2.52 bits per heavy atom. The van der Waals surface area contributed by atoms with E-state index in [-0.39, 0.29) is 11.9 Å². The molecule has 3 amide bonds. The number of rotatable bonds is 4. The summed E-state index contributed by atoms with van der Waals surface area (Å²) < 4.78 is 5.17. The Kier molecular flexibility index (Phi) is 5.37. The maximum atomic E-state index is 13.0. The minimum Gasteiger partial charge on any atom is -0.497 e. The van der Waals surface area contributed by atoms with Gasteiger partial charge < -0.3 is 20.7 Å². The summed E-state index contributed by atoms with van der Waals surface area (Å²) in [5.41, 5.74) is 3.10. The SMILES string of the molecule is COc1ccc([C@H]2NC(=O)NC(C)=C2C(=O)Nc2cccc(Cl)c2C)cc1. The quantitative estimate of drug-likeness (QED) is 0.746. The van der Waals surface area contributed by atoms with Gasteiger partial charge >= 0.3 is 6.03 Å². The lowest BCUT2D eigenvalue weighted by Crippen LogP contribution is -2.46. The van der Waals surface area contributed by atoms with Crippen LogP contribution in [0.25, 0.3) is 0 Å². The second-order valence-corrected chi connectivity index (χ2v) is 6.62. The Balaban J connectivity index is 1.95. The van der Waals surface area contributed by atoms with Crippen LogP contribution in [0.3, 0.4) is 0 Å². The second kappa shape index (κ2) is 7.72. The van der Waals surface area contributed by atoms with E-state index in [0.717, 1.165) is 11.1 Å². The van der Waals surface area contributed by atoms with Gasteiger partial charge in [-0.05, 0) is 49.2 Å². The van der Waals surface area contributed by atoms with E-state index in [4.69, 9.17) is 16.3 Å². The predicted octanol–water partition coefficient (Wildman–Crippen LogP) is 3.92. The van der Waals surface area contributed by atoms with E-state index in [1.54, 1.807) is 44.4 Å². The van der Waals surface area contributed by atoms with Crippen molar-refractivity contribution in [2.75, 3.05) is 12.4 Å². The maximum absolute atomic E-state index is 13.0. The third-order valence-electron chi connectivity index (χ3n) is 4.48. The van der Waals surface area contributed by atoms with E-state index in [2.05, 4.69) is 16.0 Å². The Morgan fingerprint density at radius 1 is 1.15 bits per heavy atom. The van der Waals surface area contributed by atoms with Crippen LogP contribution in [0.1, 0.15) is 24.1 Å². The van der Waals surface area contributed by atoms with Gasteiger partial charge in [0.05, 0.1) is 18.7 Å². The number of nitrogens with one attached hydrogen (secondary N) is 3. The number of ether oxygens (including phenoxy) is 1. The number of hydrogen-bond donors (Lipinski definition) is 3. The third kappa shape index (κ3) is 3.90. The molecule has 0 radical (unpaired) electrons. The highest BCUT2D eigenvalue weighted by atomic mass is 35.5.